The molecule has 3 unspecified atom stereocenters. The summed E-state index contributed by atoms with van der Waals surface area (Å²) < 4.78 is 13.0. The van der Waals surface area contributed by atoms with Crippen LogP contribution in [-0.2, 0) is 4.79 Å². The molecular weight excluding hydrogens is 265 g/mol. The average Bonchev–Trinajstić information content (AvgIpc) is 2.78. The Bertz CT molecular complexity index is 537. The van der Waals surface area contributed by atoms with Gasteiger partial charge in [-0.05, 0) is 36.5 Å². The third kappa shape index (κ3) is 2.79. The van der Waals surface area contributed by atoms with Gasteiger partial charge in [-0.3, -0.25) is 4.79 Å². The summed E-state index contributed by atoms with van der Waals surface area (Å²) >= 11 is 5.95. The lowest BCUT2D eigenvalue weighted by molar-refractivity contribution is -0.124. The van der Waals surface area contributed by atoms with Crippen molar-refractivity contribution in [1.82, 2.24) is 0 Å². The second-order valence-electron chi connectivity index (χ2n) is 5.14. The van der Waals surface area contributed by atoms with E-state index in [9.17, 15) is 14.4 Å². The summed E-state index contributed by atoms with van der Waals surface area (Å²) in [4.78, 5) is 12.4. The number of ketones is 1. The number of hydrogen-bond donors (Lipinski definition) is 0. The summed E-state index contributed by atoms with van der Waals surface area (Å²) in [6.07, 6.45) is 2.87. The fourth-order valence-corrected chi connectivity index (χ4v) is 3.08. The fourth-order valence-electron chi connectivity index (χ4n) is 2.80. The average molecular weight is 280 g/mol. The van der Waals surface area contributed by atoms with E-state index in [1.165, 1.54) is 12.1 Å². The second-order valence-corrected chi connectivity index (χ2v) is 5.55. The van der Waals surface area contributed by atoms with Crippen LogP contribution in [0, 0.1) is 29.0 Å². The summed E-state index contributed by atoms with van der Waals surface area (Å²) in [5.41, 5.74) is 0.412. The zero-order valence-electron chi connectivity index (χ0n) is 10.7. The van der Waals surface area contributed by atoms with E-state index in [4.69, 9.17) is 11.6 Å². The first kappa shape index (κ1) is 14.0. The smallest absolute Gasteiger partial charge is 0.157 e. The van der Waals surface area contributed by atoms with Crippen molar-refractivity contribution in [3.63, 3.8) is 0 Å². The standard InChI is InChI=1S/C15H15ClFNO/c1-9-3-2-4-11(9)15(19)13(8-18)12-6-5-10(17)7-14(12)16/h5-7,9,11,13H,2-4H2,1H3. The molecule has 0 heterocycles. The summed E-state index contributed by atoms with van der Waals surface area (Å²) in [7, 11) is 0. The van der Waals surface area contributed by atoms with Crippen LogP contribution in [-0.4, -0.2) is 5.78 Å². The molecule has 0 N–H and O–H groups in total. The monoisotopic (exact) mass is 279 g/mol. The Hall–Kier alpha value is -1.40. The number of Topliss-reactive ketones (excluding diaryl/α,β-unsaturated/α-hetero) is 1. The molecular formula is C15H15ClFNO. The van der Waals surface area contributed by atoms with E-state index in [0.29, 0.717) is 11.5 Å². The molecule has 0 radical (unpaired) electrons. The quantitative estimate of drug-likeness (QED) is 0.836. The van der Waals surface area contributed by atoms with E-state index in [0.717, 1.165) is 25.3 Å². The predicted octanol–water partition coefficient (Wildman–Crippen LogP) is 4.09. The highest BCUT2D eigenvalue weighted by molar-refractivity contribution is 6.31. The maximum Gasteiger partial charge on any atom is 0.157 e. The Morgan fingerprint density at radius 2 is 2.26 bits per heavy atom. The number of nitrogens with zero attached hydrogens (tertiary/aromatic N) is 1. The number of halogens is 2. The largest absolute Gasteiger partial charge is 0.298 e. The molecule has 0 spiro atoms. The molecule has 19 heavy (non-hydrogen) atoms. The van der Waals surface area contributed by atoms with Crippen molar-refractivity contribution in [3.8, 4) is 6.07 Å². The highest BCUT2D eigenvalue weighted by Gasteiger charge is 2.35. The summed E-state index contributed by atoms with van der Waals surface area (Å²) in [5.74, 6) is -1.21. The number of rotatable bonds is 3. The molecule has 2 rings (SSSR count). The van der Waals surface area contributed by atoms with Crippen molar-refractivity contribution < 1.29 is 9.18 Å². The Balaban J connectivity index is 2.29. The van der Waals surface area contributed by atoms with Gasteiger partial charge in [0.1, 0.15) is 11.7 Å². The number of carbonyl (C=O) groups excluding carboxylic acids is 1. The Morgan fingerprint density at radius 1 is 1.53 bits per heavy atom. The van der Waals surface area contributed by atoms with Crippen molar-refractivity contribution >= 4 is 17.4 Å². The lowest BCUT2D eigenvalue weighted by atomic mass is 9.83. The Labute approximate surface area is 117 Å². The molecule has 4 heteroatoms. The summed E-state index contributed by atoms with van der Waals surface area (Å²) in [5, 5.41) is 9.41. The molecule has 0 aromatic heterocycles. The van der Waals surface area contributed by atoms with E-state index in [1.807, 2.05) is 13.0 Å². The molecule has 2 nitrogen and oxygen atoms in total. The summed E-state index contributed by atoms with van der Waals surface area (Å²) in [6.45, 7) is 2.04. The number of carbonyl (C=O) groups is 1. The van der Waals surface area contributed by atoms with E-state index >= 15 is 0 Å². The minimum absolute atomic E-state index is 0.0780. The molecule has 1 aliphatic carbocycles. The predicted molar refractivity (Wildman–Crippen MR) is 71.3 cm³/mol. The molecule has 1 aromatic rings. The SMILES string of the molecule is CC1CCCC1C(=O)C(C#N)c1ccc(F)cc1Cl. The molecule has 0 saturated heterocycles. The highest BCUT2D eigenvalue weighted by Crippen LogP contribution is 2.37. The van der Waals surface area contributed by atoms with Gasteiger partial charge in [0.15, 0.2) is 5.78 Å². The van der Waals surface area contributed by atoms with Gasteiger partial charge in [0, 0.05) is 10.9 Å². The molecule has 1 fully saturated rings. The lowest BCUT2D eigenvalue weighted by Gasteiger charge is -2.18. The number of benzene rings is 1. The van der Waals surface area contributed by atoms with Crippen LogP contribution in [0.3, 0.4) is 0 Å². The van der Waals surface area contributed by atoms with Crippen LogP contribution >= 0.6 is 11.6 Å². The van der Waals surface area contributed by atoms with Crippen molar-refractivity contribution in [2.75, 3.05) is 0 Å². The van der Waals surface area contributed by atoms with Crippen molar-refractivity contribution in [3.05, 3.63) is 34.6 Å². The van der Waals surface area contributed by atoms with Crippen LogP contribution in [0.2, 0.25) is 5.02 Å². The third-order valence-electron chi connectivity index (χ3n) is 3.91. The minimum Gasteiger partial charge on any atom is -0.298 e. The fraction of sp³-hybridized carbons (Fsp3) is 0.467. The van der Waals surface area contributed by atoms with Gasteiger partial charge < -0.3 is 0 Å². The van der Waals surface area contributed by atoms with Gasteiger partial charge in [0.2, 0.25) is 0 Å². The van der Waals surface area contributed by atoms with Crippen molar-refractivity contribution in [2.24, 2.45) is 11.8 Å². The van der Waals surface area contributed by atoms with Crippen molar-refractivity contribution in [2.45, 2.75) is 32.1 Å². The summed E-state index contributed by atoms with van der Waals surface area (Å²) in [6, 6.07) is 5.83. The number of hydrogen-bond acceptors (Lipinski definition) is 2. The van der Waals surface area contributed by atoms with E-state index in [1.54, 1.807) is 0 Å². The van der Waals surface area contributed by atoms with Crippen LogP contribution in [0.5, 0.6) is 0 Å². The minimum atomic E-state index is -0.890. The second kappa shape index (κ2) is 5.71. The van der Waals surface area contributed by atoms with E-state index < -0.39 is 11.7 Å². The van der Waals surface area contributed by atoms with Crippen LogP contribution in [0.15, 0.2) is 18.2 Å². The van der Waals surface area contributed by atoms with Gasteiger partial charge in [-0.1, -0.05) is 31.0 Å². The molecule has 1 aromatic carbocycles. The lowest BCUT2D eigenvalue weighted by Crippen LogP contribution is -2.23. The van der Waals surface area contributed by atoms with Crippen LogP contribution < -0.4 is 0 Å². The number of nitriles is 1. The van der Waals surface area contributed by atoms with Gasteiger partial charge in [0.25, 0.3) is 0 Å². The van der Waals surface area contributed by atoms with Crippen molar-refractivity contribution in [1.29, 1.82) is 5.26 Å². The first-order chi connectivity index (χ1) is 9.04. The molecule has 0 amide bonds. The normalized spacial score (nSPS) is 23.9. The van der Waals surface area contributed by atoms with Gasteiger partial charge in [0.05, 0.1) is 6.07 Å². The van der Waals surface area contributed by atoms with E-state index in [-0.39, 0.29) is 16.7 Å². The van der Waals surface area contributed by atoms with Gasteiger partial charge >= 0.3 is 0 Å². The Morgan fingerprint density at radius 3 is 2.79 bits per heavy atom. The molecule has 0 bridgehead atoms. The Kier molecular flexibility index (Phi) is 4.21. The molecule has 3 atom stereocenters. The third-order valence-corrected chi connectivity index (χ3v) is 4.24. The van der Waals surface area contributed by atoms with Gasteiger partial charge in [-0.25, -0.2) is 4.39 Å². The van der Waals surface area contributed by atoms with Crippen LogP contribution in [0.25, 0.3) is 0 Å². The first-order valence-electron chi connectivity index (χ1n) is 6.43. The van der Waals surface area contributed by atoms with Crippen LogP contribution in [0.1, 0.15) is 37.7 Å². The highest BCUT2D eigenvalue weighted by atomic mass is 35.5. The zero-order chi connectivity index (χ0) is 14.0. The van der Waals surface area contributed by atoms with Gasteiger partial charge in [-0.2, -0.15) is 5.26 Å². The topological polar surface area (TPSA) is 40.9 Å². The molecule has 100 valence electrons. The molecule has 0 aliphatic heterocycles. The molecule has 1 aliphatic rings. The van der Waals surface area contributed by atoms with Crippen LogP contribution in [0.4, 0.5) is 4.39 Å². The molecule has 1 saturated carbocycles. The van der Waals surface area contributed by atoms with Gasteiger partial charge in [-0.15, -0.1) is 0 Å². The van der Waals surface area contributed by atoms with E-state index in [2.05, 4.69) is 0 Å². The first-order valence-corrected chi connectivity index (χ1v) is 6.80. The zero-order valence-corrected chi connectivity index (χ0v) is 11.5. The maximum atomic E-state index is 13.0. The maximum absolute atomic E-state index is 13.0.